The lowest BCUT2D eigenvalue weighted by atomic mass is 10.1. The number of carbonyl (C=O) groups excluding carboxylic acids is 1. The van der Waals surface area contributed by atoms with E-state index in [-0.39, 0.29) is 12.1 Å². The summed E-state index contributed by atoms with van der Waals surface area (Å²) in [6.07, 6.45) is 0.000347. The zero-order chi connectivity index (χ0) is 17.8. The predicted octanol–water partition coefficient (Wildman–Crippen LogP) is 2.60. The van der Waals surface area contributed by atoms with Crippen molar-refractivity contribution in [2.24, 2.45) is 0 Å². The molecule has 0 aromatic heterocycles. The van der Waals surface area contributed by atoms with Gasteiger partial charge in [0.1, 0.15) is 0 Å². The van der Waals surface area contributed by atoms with E-state index in [0.29, 0.717) is 13.0 Å². The van der Waals surface area contributed by atoms with Crippen LogP contribution in [0.1, 0.15) is 29.7 Å². The summed E-state index contributed by atoms with van der Waals surface area (Å²) in [6.45, 7) is 3.44. The molecule has 2 aromatic rings. The molecule has 5 heteroatoms. The molecule has 132 valence electrons. The molecule has 25 heavy (non-hydrogen) atoms. The Morgan fingerprint density at radius 1 is 1.20 bits per heavy atom. The molecular formula is C20H25N3O2. The number of aliphatic hydroxyl groups is 1. The van der Waals surface area contributed by atoms with Crippen LogP contribution in [0, 0.1) is 0 Å². The van der Waals surface area contributed by atoms with Gasteiger partial charge in [-0.2, -0.15) is 0 Å². The Morgan fingerprint density at radius 2 is 1.92 bits per heavy atom. The number of nitrogens with zero attached hydrogens (tertiary/aromatic N) is 1. The van der Waals surface area contributed by atoms with Gasteiger partial charge in [-0.1, -0.05) is 42.5 Å². The van der Waals surface area contributed by atoms with Crippen molar-refractivity contribution in [1.82, 2.24) is 10.6 Å². The van der Waals surface area contributed by atoms with E-state index in [1.165, 1.54) is 0 Å². The molecular weight excluding hydrogens is 314 g/mol. The summed E-state index contributed by atoms with van der Waals surface area (Å²) in [7, 11) is 2.03. The summed E-state index contributed by atoms with van der Waals surface area (Å²) in [5.74, 6) is 0. The van der Waals surface area contributed by atoms with Crippen molar-refractivity contribution >= 4 is 11.7 Å². The fourth-order valence-electron chi connectivity index (χ4n) is 3.30. The molecule has 0 aliphatic heterocycles. The van der Waals surface area contributed by atoms with E-state index in [4.69, 9.17) is 0 Å². The highest BCUT2D eigenvalue weighted by atomic mass is 16.3. The molecule has 2 amide bonds. The van der Waals surface area contributed by atoms with Gasteiger partial charge in [-0.25, -0.2) is 4.79 Å². The second kappa shape index (κ2) is 7.57. The fraction of sp³-hybridized carbons (Fsp3) is 0.350. The van der Waals surface area contributed by atoms with Crippen LogP contribution in [-0.4, -0.2) is 30.8 Å². The van der Waals surface area contributed by atoms with E-state index < -0.39 is 6.10 Å². The van der Waals surface area contributed by atoms with Gasteiger partial charge in [-0.15, -0.1) is 0 Å². The lowest BCUT2D eigenvalue weighted by Crippen LogP contribution is -2.43. The number of fused-ring (bicyclic) bond motifs is 1. The van der Waals surface area contributed by atoms with Gasteiger partial charge in [-0.05, 0) is 36.1 Å². The van der Waals surface area contributed by atoms with Crippen molar-refractivity contribution < 1.29 is 9.90 Å². The number of carbonyl (C=O) groups is 1. The van der Waals surface area contributed by atoms with E-state index >= 15 is 0 Å². The highest BCUT2D eigenvalue weighted by Gasteiger charge is 2.31. The molecule has 3 rings (SSSR count). The number of amides is 2. The highest BCUT2D eigenvalue weighted by Crippen LogP contribution is 2.30. The quantitative estimate of drug-likeness (QED) is 0.784. The molecule has 0 saturated heterocycles. The summed E-state index contributed by atoms with van der Waals surface area (Å²) < 4.78 is 0. The molecule has 0 unspecified atom stereocenters. The highest BCUT2D eigenvalue weighted by molar-refractivity contribution is 5.75. The first kappa shape index (κ1) is 17.3. The zero-order valence-corrected chi connectivity index (χ0v) is 14.7. The summed E-state index contributed by atoms with van der Waals surface area (Å²) in [6, 6.07) is 15.3. The van der Waals surface area contributed by atoms with Gasteiger partial charge >= 0.3 is 6.03 Å². The summed E-state index contributed by atoms with van der Waals surface area (Å²) >= 11 is 0. The average Bonchev–Trinajstić information content (AvgIpc) is 2.95. The van der Waals surface area contributed by atoms with Crippen LogP contribution >= 0.6 is 0 Å². The van der Waals surface area contributed by atoms with Gasteiger partial charge in [0.15, 0.2) is 0 Å². The molecule has 3 N–H and O–H groups in total. The topological polar surface area (TPSA) is 64.6 Å². The van der Waals surface area contributed by atoms with Crippen molar-refractivity contribution in [1.29, 1.82) is 0 Å². The van der Waals surface area contributed by atoms with Crippen LogP contribution in [0.25, 0.3) is 0 Å². The SMILES string of the molecule is CCN(C)c1ccccc1CNC(=O)N[C@@H]1Cc2ccccc2[C@H]1O. The summed E-state index contributed by atoms with van der Waals surface area (Å²) in [4.78, 5) is 14.4. The van der Waals surface area contributed by atoms with Gasteiger partial charge in [0.25, 0.3) is 0 Å². The van der Waals surface area contributed by atoms with Crippen molar-refractivity contribution in [2.75, 3.05) is 18.5 Å². The van der Waals surface area contributed by atoms with E-state index in [1.807, 2.05) is 49.5 Å². The summed E-state index contributed by atoms with van der Waals surface area (Å²) in [5, 5.41) is 16.2. The third kappa shape index (κ3) is 3.77. The minimum Gasteiger partial charge on any atom is -0.386 e. The molecule has 0 fully saturated rings. The average molecular weight is 339 g/mol. The van der Waals surface area contributed by atoms with Gasteiger partial charge < -0.3 is 20.6 Å². The zero-order valence-electron chi connectivity index (χ0n) is 14.7. The fourth-order valence-corrected chi connectivity index (χ4v) is 3.30. The number of aliphatic hydroxyl groups excluding tert-OH is 1. The standard InChI is InChI=1S/C20H25N3O2/c1-3-23(2)18-11-7-5-9-15(18)13-21-20(25)22-17-12-14-8-4-6-10-16(14)19(17)24/h4-11,17,19,24H,3,12-13H2,1-2H3,(H2,21,22,25)/t17-,19-/m1/s1. The first-order valence-electron chi connectivity index (χ1n) is 8.69. The van der Waals surface area contributed by atoms with Crippen LogP contribution in [0.5, 0.6) is 0 Å². The van der Waals surface area contributed by atoms with Gasteiger partial charge in [0.05, 0.1) is 12.1 Å². The monoisotopic (exact) mass is 339 g/mol. The second-order valence-corrected chi connectivity index (χ2v) is 6.42. The van der Waals surface area contributed by atoms with Gasteiger partial charge in [0.2, 0.25) is 0 Å². The largest absolute Gasteiger partial charge is 0.386 e. The Morgan fingerprint density at radius 3 is 2.68 bits per heavy atom. The Labute approximate surface area is 148 Å². The third-order valence-corrected chi connectivity index (χ3v) is 4.83. The number of para-hydroxylation sites is 1. The first-order chi connectivity index (χ1) is 12.1. The van der Waals surface area contributed by atoms with Gasteiger partial charge in [0, 0.05) is 25.8 Å². The molecule has 5 nitrogen and oxygen atoms in total. The first-order valence-corrected chi connectivity index (χ1v) is 8.69. The molecule has 1 aliphatic carbocycles. The molecule has 2 atom stereocenters. The van der Waals surface area contributed by atoms with Crippen molar-refractivity contribution in [3.63, 3.8) is 0 Å². The number of hydrogen-bond donors (Lipinski definition) is 3. The van der Waals surface area contributed by atoms with E-state index in [1.54, 1.807) is 0 Å². The van der Waals surface area contributed by atoms with Crippen molar-refractivity contribution in [3.8, 4) is 0 Å². The number of benzene rings is 2. The number of rotatable bonds is 5. The number of nitrogens with one attached hydrogen (secondary N) is 2. The Hall–Kier alpha value is -2.53. The summed E-state index contributed by atoms with van der Waals surface area (Å²) in [5.41, 5.74) is 4.17. The maximum Gasteiger partial charge on any atom is 0.315 e. The van der Waals surface area contributed by atoms with E-state index in [0.717, 1.165) is 28.9 Å². The molecule has 0 heterocycles. The molecule has 0 spiro atoms. The van der Waals surface area contributed by atoms with Crippen LogP contribution in [-0.2, 0) is 13.0 Å². The Bertz CT molecular complexity index is 747. The van der Waals surface area contributed by atoms with Crippen LogP contribution in [0.4, 0.5) is 10.5 Å². The van der Waals surface area contributed by atoms with E-state index in [2.05, 4.69) is 28.5 Å². The normalized spacial score (nSPS) is 18.5. The third-order valence-electron chi connectivity index (χ3n) is 4.83. The molecule has 0 radical (unpaired) electrons. The molecule has 0 saturated carbocycles. The Kier molecular flexibility index (Phi) is 5.24. The minimum absolute atomic E-state index is 0.259. The Balaban J connectivity index is 1.58. The minimum atomic E-state index is -0.652. The van der Waals surface area contributed by atoms with Crippen LogP contribution < -0.4 is 15.5 Å². The molecule has 0 bridgehead atoms. The molecule has 1 aliphatic rings. The lowest BCUT2D eigenvalue weighted by molar-refractivity contribution is 0.143. The van der Waals surface area contributed by atoms with Crippen LogP contribution in [0.3, 0.4) is 0 Å². The van der Waals surface area contributed by atoms with Crippen molar-refractivity contribution in [2.45, 2.75) is 32.0 Å². The maximum atomic E-state index is 12.3. The van der Waals surface area contributed by atoms with Crippen LogP contribution in [0.2, 0.25) is 0 Å². The second-order valence-electron chi connectivity index (χ2n) is 6.42. The number of hydrogen-bond acceptors (Lipinski definition) is 3. The number of urea groups is 1. The van der Waals surface area contributed by atoms with Crippen LogP contribution in [0.15, 0.2) is 48.5 Å². The smallest absolute Gasteiger partial charge is 0.315 e. The van der Waals surface area contributed by atoms with Gasteiger partial charge in [-0.3, -0.25) is 0 Å². The molecule has 2 aromatic carbocycles. The lowest BCUT2D eigenvalue weighted by Gasteiger charge is -2.21. The van der Waals surface area contributed by atoms with E-state index in [9.17, 15) is 9.90 Å². The predicted molar refractivity (Wildman–Crippen MR) is 99.7 cm³/mol. The van der Waals surface area contributed by atoms with Crippen molar-refractivity contribution in [3.05, 3.63) is 65.2 Å². The maximum absolute atomic E-state index is 12.3. The number of anilines is 1.